The Kier molecular flexibility index (Phi) is 4.64. The summed E-state index contributed by atoms with van der Waals surface area (Å²) in [5.74, 6) is 5.07. The van der Waals surface area contributed by atoms with Crippen LogP contribution in [0.15, 0.2) is 18.2 Å². The van der Waals surface area contributed by atoms with Crippen molar-refractivity contribution in [3.63, 3.8) is 0 Å². The lowest BCUT2D eigenvalue weighted by atomic mass is 9.80. The molecule has 1 aliphatic heterocycles. The van der Waals surface area contributed by atoms with E-state index in [0.29, 0.717) is 23.6 Å². The smallest absolute Gasteiger partial charge is 0.265 e. The monoisotopic (exact) mass is 293 g/mol. The highest BCUT2D eigenvalue weighted by Gasteiger charge is 2.31. The predicted octanol–water partition coefficient (Wildman–Crippen LogP) is 2.30. The van der Waals surface area contributed by atoms with Crippen molar-refractivity contribution >= 4 is 5.91 Å². The number of halogens is 1. The van der Waals surface area contributed by atoms with Crippen LogP contribution in [0.3, 0.4) is 0 Å². The minimum absolute atomic E-state index is 0.272. The van der Waals surface area contributed by atoms with Gasteiger partial charge in [0, 0.05) is 24.2 Å². The molecule has 0 saturated carbocycles. The number of likely N-dealkylation sites (tertiary alicyclic amines) is 1. The van der Waals surface area contributed by atoms with Gasteiger partial charge in [-0.15, -0.1) is 0 Å². The first kappa shape index (κ1) is 15.9. The number of rotatable bonds is 3. The van der Waals surface area contributed by atoms with E-state index in [1.807, 2.05) is 0 Å². The Bertz CT molecular complexity index is 525. The third-order valence-electron chi connectivity index (χ3n) is 4.33. The zero-order chi connectivity index (χ0) is 15.6. The van der Waals surface area contributed by atoms with Crippen LogP contribution in [0.25, 0.3) is 0 Å². The van der Waals surface area contributed by atoms with Gasteiger partial charge in [0.25, 0.3) is 5.91 Å². The van der Waals surface area contributed by atoms with Gasteiger partial charge in [0.05, 0.1) is 0 Å². The average Bonchev–Trinajstić information content (AvgIpc) is 2.89. The first-order chi connectivity index (χ1) is 9.81. The summed E-state index contributed by atoms with van der Waals surface area (Å²) in [6.45, 7) is 9.20. The van der Waals surface area contributed by atoms with Crippen molar-refractivity contribution in [1.29, 1.82) is 0 Å². The SMILES string of the molecule is CC(C)(C)C1CCN(Cc2cc(C(=O)NN)ccc2F)C1. The second-order valence-corrected chi connectivity index (χ2v) is 6.87. The average molecular weight is 293 g/mol. The van der Waals surface area contributed by atoms with Crippen molar-refractivity contribution in [2.75, 3.05) is 13.1 Å². The van der Waals surface area contributed by atoms with Crippen molar-refractivity contribution in [3.8, 4) is 0 Å². The van der Waals surface area contributed by atoms with Gasteiger partial charge in [0.15, 0.2) is 0 Å². The van der Waals surface area contributed by atoms with E-state index in [1.165, 1.54) is 12.1 Å². The van der Waals surface area contributed by atoms with Crippen molar-refractivity contribution in [2.24, 2.45) is 17.2 Å². The Labute approximate surface area is 125 Å². The highest BCUT2D eigenvalue weighted by molar-refractivity contribution is 5.93. The Morgan fingerprint density at radius 3 is 2.76 bits per heavy atom. The van der Waals surface area contributed by atoms with Gasteiger partial charge >= 0.3 is 0 Å². The molecule has 1 aliphatic rings. The number of carbonyl (C=O) groups excluding carboxylic acids is 1. The van der Waals surface area contributed by atoms with Crippen LogP contribution in [0.2, 0.25) is 0 Å². The molecule has 1 aromatic carbocycles. The van der Waals surface area contributed by atoms with Crippen LogP contribution < -0.4 is 11.3 Å². The molecular formula is C16H24FN3O. The topological polar surface area (TPSA) is 58.4 Å². The molecule has 1 unspecified atom stereocenters. The minimum Gasteiger partial charge on any atom is -0.299 e. The molecule has 0 aliphatic carbocycles. The van der Waals surface area contributed by atoms with Gasteiger partial charge < -0.3 is 0 Å². The molecule has 1 atom stereocenters. The molecule has 0 aromatic heterocycles. The number of carbonyl (C=O) groups is 1. The third-order valence-corrected chi connectivity index (χ3v) is 4.33. The van der Waals surface area contributed by atoms with Crippen molar-refractivity contribution < 1.29 is 9.18 Å². The normalized spacial score (nSPS) is 19.8. The molecule has 4 nitrogen and oxygen atoms in total. The standard InChI is InChI=1S/C16H24FN3O/c1-16(2,3)13-6-7-20(10-13)9-12-8-11(15(21)19-18)4-5-14(12)17/h4-5,8,13H,6-7,9-10,18H2,1-3H3,(H,19,21). The molecule has 5 heteroatoms. The zero-order valence-electron chi connectivity index (χ0n) is 12.9. The Balaban J connectivity index is 2.08. The molecule has 0 bridgehead atoms. The number of hydrogen-bond donors (Lipinski definition) is 2. The number of amides is 1. The van der Waals surface area contributed by atoms with E-state index in [4.69, 9.17) is 5.84 Å². The number of nitrogens with one attached hydrogen (secondary N) is 1. The maximum Gasteiger partial charge on any atom is 0.265 e. The van der Waals surface area contributed by atoms with Crippen molar-refractivity contribution in [2.45, 2.75) is 33.7 Å². The summed E-state index contributed by atoms with van der Waals surface area (Å²) in [6, 6.07) is 4.36. The van der Waals surface area contributed by atoms with E-state index in [9.17, 15) is 9.18 Å². The lowest BCUT2D eigenvalue weighted by molar-refractivity contribution is 0.0953. The van der Waals surface area contributed by atoms with Crippen LogP contribution in [-0.4, -0.2) is 23.9 Å². The van der Waals surface area contributed by atoms with Gasteiger partial charge in [-0.3, -0.25) is 15.1 Å². The summed E-state index contributed by atoms with van der Waals surface area (Å²) >= 11 is 0. The highest BCUT2D eigenvalue weighted by Crippen LogP contribution is 2.34. The first-order valence-corrected chi connectivity index (χ1v) is 7.33. The molecular weight excluding hydrogens is 269 g/mol. The molecule has 116 valence electrons. The van der Waals surface area contributed by atoms with E-state index in [-0.39, 0.29) is 11.2 Å². The molecule has 0 spiro atoms. The van der Waals surface area contributed by atoms with Crippen LogP contribution in [-0.2, 0) is 6.54 Å². The highest BCUT2D eigenvalue weighted by atomic mass is 19.1. The second kappa shape index (κ2) is 6.12. The number of nitrogens with zero attached hydrogens (tertiary/aromatic N) is 1. The molecule has 3 N–H and O–H groups in total. The van der Waals surface area contributed by atoms with Crippen LogP contribution in [0.5, 0.6) is 0 Å². The van der Waals surface area contributed by atoms with Gasteiger partial charge in [0.2, 0.25) is 0 Å². The quantitative estimate of drug-likeness (QED) is 0.511. The van der Waals surface area contributed by atoms with E-state index >= 15 is 0 Å². The van der Waals surface area contributed by atoms with Gasteiger partial charge in [-0.25, -0.2) is 10.2 Å². The van der Waals surface area contributed by atoms with Gasteiger partial charge in [0.1, 0.15) is 5.82 Å². The summed E-state index contributed by atoms with van der Waals surface area (Å²) < 4.78 is 13.9. The molecule has 1 amide bonds. The number of hydrogen-bond acceptors (Lipinski definition) is 3. The molecule has 2 rings (SSSR count). The van der Waals surface area contributed by atoms with Crippen molar-refractivity contribution in [1.82, 2.24) is 10.3 Å². The predicted molar refractivity (Wildman–Crippen MR) is 80.9 cm³/mol. The van der Waals surface area contributed by atoms with E-state index < -0.39 is 5.91 Å². The molecule has 0 radical (unpaired) electrons. The maximum atomic E-state index is 13.9. The fourth-order valence-electron chi connectivity index (χ4n) is 2.84. The third kappa shape index (κ3) is 3.80. The Morgan fingerprint density at radius 2 is 2.19 bits per heavy atom. The van der Waals surface area contributed by atoms with Crippen LogP contribution >= 0.6 is 0 Å². The lowest BCUT2D eigenvalue weighted by Crippen LogP contribution is -2.30. The lowest BCUT2D eigenvalue weighted by Gasteiger charge is -2.27. The summed E-state index contributed by atoms with van der Waals surface area (Å²) in [5.41, 5.74) is 3.28. The molecule has 1 aromatic rings. The van der Waals surface area contributed by atoms with Crippen molar-refractivity contribution in [3.05, 3.63) is 35.1 Å². The Morgan fingerprint density at radius 1 is 1.48 bits per heavy atom. The number of nitrogens with two attached hydrogens (primary N) is 1. The fraction of sp³-hybridized carbons (Fsp3) is 0.562. The number of nitrogen functional groups attached to an aromatic ring is 1. The van der Waals surface area contributed by atoms with Crippen LogP contribution in [0.4, 0.5) is 4.39 Å². The summed E-state index contributed by atoms with van der Waals surface area (Å²) in [4.78, 5) is 13.8. The Hall–Kier alpha value is -1.46. The van der Waals surface area contributed by atoms with Crippen LogP contribution in [0.1, 0.15) is 43.1 Å². The maximum absolute atomic E-state index is 13.9. The van der Waals surface area contributed by atoms with Crippen LogP contribution in [0, 0.1) is 17.2 Å². The van der Waals surface area contributed by atoms with Gasteiger partial charge in [-0.1, -0.05) is 20.8 Å². The first-order valence-electron chi connectivity index (χ1n) is 7.33. The van der Waals surface area contributed by atoms with E-state index in [2.05, 4.69) is 31.1 Å². The number of hydrazine groups is 1. The zero-order valence-corrected chi connectivity index (χ0v) is 12.9. The minimum atomic E-state index is -0.398. The molecule has 1 fully saturated rings. The summed E-state index contributed by atoms with van der Waals surface area (Å²) in [5, 5.41) is 0. The largest absolute Gasteiger partial charge is 0.299 e. The molecule has 1 saturated heterocycles. The van der Waals surface area contributed by atoms with Gasteiger partial charge in [-0.05, 0) is 42.5 Å². The second-order valence-electron chi connectivity index (χ2n) is 6.87. The summed E-state index contributed by atoms with van der Waals surface area (Å²) in [7, 11) is 0. The fourth-order valence-corrected chi connectivity index (χ4v) is 2.84. The van der Waals surface area contributed by atoms with E-state index in [1.54, 1.807) is 6.07 Å². The van der Waals surface area contributed by atoms with Gasteiger partial charge in [-0.2, -0.15) is 0 Å². The molecule has 1 heterocycles. The number of benzene rings is 1. The van der Waals surface area contributed by atoms with E-state index in [0.717, 1.165) is 19.5 Å². The molecule has 21 heavy (non-hydrogen) atoms. The summed E-state index contributed by atoms with van der Waals surface area (Å²) in [6.07, 6.45) is 1.13.